The van der Waals surface area contributed by atoms with Crippen LogP contribution in [0.25, 0.3) is 0 Å². The van der Waals surface area contributed by atoms with Crippen molar-refractivity contribution >= 4 is 5.91 Å². The predicted molar refractivity (Wildman–Crippen MR) is 64.4 cm³/mol. The Kier molecular flexibility index (Phi) is 5.22. The Labute approximate surface area is 98.1 Å². The third-order valence-electron chi connectivity index (χ3n) is 3.41. The van der Waals surface area contributed by atoms with E-state index in [4.69, 9.17) is 4.74 Å². The largest absolute Gasteiger partial charge is 0.385 e. The summed E-state index contributed by atoms with van der Waals surface area (Å²) in [7, 11) is 1.68. The summed E-state index contributed by atoms with van der Waals surface area (Å²) in [6.45, 7) is 5.73. The highest BCUT2D eigenvalue weighted by atomic mass is 16.5. The maximum absolute atomic E-state index is 12.2. The van der Waals surface area contributed by atoms with Crippen molar-refractivity contribution in [3.8, 4) is 0 Å². The number of nitrogens with one attached hydrogen (secondary N) is 2. The zero-order chi connectivity index (χ0) is 12.0. The standard InChI is InChI=1S/C12H24N2O2/c1-4-12(7-5-8-13-12)11(15)14-10(2)6-9-16-3/h10,13H,4-9H2,1-3H3,(H,14,15). The Balaban J connectivity index is 2.43. The van der Waals surface area contributed by atoms with E-state index in [1.54, 1.807) is 7.11 Å². The summed E-state index contributed by atoms with van der Waals surface area (Å²) < 4.78 is 5.00. The minimum atomic E-state index is -0.318. The molecule has 0 bridgehead atoms. The van der Waals surface area contributed by atoms with Gasteiger partial charge in [-0.3, -0.25) is 4.79 Å². The highest BCUT2D eigenvalue weighted by Crippen LogP contribution is 2.23. The van der Waals surface area contributed by atoms with E-state index >= 15 is 0 Å². The molecule has 2 unspecified atom stereocenters. The van der Waals surface area contributed by atoms with Gasteiger partial charge in [0.05, 0.1) is 5.54 Å². The van der Waals surface area contributed by atoms with E-state index in [0.717, 1.165) is 32.2 Å². The first-order valence-electron chi connectivity index (χ1n) is 6.19. The van der Waals surface area contributed by atoms with Gasteiger partial charge in [-0.25, -0.2) is 0 Å². The molecule has 0 aromatic carbocycles. The summed E-state index contributed by atoms with van der Waals surface area (Å²) in [5, 5.41) is 6.40. The maximum atomic E-state index is 12.2. The molecule has 4 nitrogen and oxygen atoms in total. The topological polar surface area (TPSA) is 50.4 Å². The third-order valence-corrected chi connectivity index (χ3v) is 3.41. The molecule has 0 radical (unpaired) electrons. The molecule has 94 valence electrons. The van der Waals surface area contributed by atoms with E-state index in [1.165, 1.54) is 0 Å². The molecule has 0 spiro atoms. The molecule has 1 aliphatic rings. The first-order chi connectivity index (χ1) is 7.64. The number of hydrogen-bond acceptors (Lipinski definition) is 3. The lowest BCUT2D eigenvalue weighted by Crippen LogP contribution is -2.55. The van der Waals surface area contributed by atoms with Crippen molar-refractivity contribution in [1.29, 1.82) is 0 Å². The summed E-state index contributed by atoms with van der Waals surface area (Å²) in [5.41, 5.74) is -0.318. The molecule has 1 saturated heterocycles. The van der Waals surface area contributed by atoms with E-state index in [2.05, 4.69) is 17.6 Å². The van der Waals surface area contributed by atoms with Gasteiger partial charge in [-0.05, 0) is 39.2 Å². The van der Waals surface area contributed by atoms with Gasteiger partial charge in [0, 0.05) is 19.8 Å². The van der Waals surface area contributed by atoms with Crippen LogP contribution in [0.3, 0.4) is 0 Å². The zero-order valence-electron chi connectivity index (χ0n) is 10.6. The Morgan fingerprint density at radius 1 is 1.62 bits per heavy atom. The summed E-state index contributed by atoms with van der Waals surface area (Å²) in [6.07, 6.45) is 3.76. The number of methoxy groups -OCH3 is 1. The lowest BCUT2D eigenvalue weighted by molar-refractivity contribution is -0.128. The normalized spacial score (nSPS) is 26.7. The Morgan fingerprint density at radius 2 is 2.38 bits per heavy atom. The van der Waals surface area contributed by atoms with Crippen LogP contribution in [0.1, 0.15) is 39.5 Å². The fourth-order valence-electron chi connectivity index (χ4n) is 2.19. The molecule has 1 fully saturated rings. The second-order valence-electron chi connectivity index (χ2n) is 4.62. The van der Waals surface area contributed by atoms with Gasteiger partial charge in [0.15, 0.2) is 0 Å². The van der Waals surface area contributed by atoms with E-state index < -0.39 is 0 Å². The van der Waals surface area contributed by atoms with Crippen molar-refractivity contribution < 1.29 is 9.53 Å². The Bertz CT molecular complexity index is 225. The number of carbonyl (C=O) groups is 1. The average molecular weight is 228 g/mol. The van der Waals surface area contributed by atoms with Gasteiger partial charge in [0.2, 0.25) is 5.91 Å². The lowest BCUT2D eigenvalue weighted by Gasteiger charge is -2.28. The first-order valence-corrected chi connectivity index (χ1v) is 6.19. The highest BCUT2D eigenvalue weighted by molar-refractivity contribution is 5.86. The van der Waals surface area contributed by atoms with E-state index in [0.29, 0.717) is 6.61 Å². The van der Waals surface area contributed by atoms with Crippen molar-refractivity contribution in [2.24, 2.45) is 0 Å². The van der Waals surface area contributed by atoms with Crippen molar-refractivity contribution in [3.63, 3.8) is 0 Å². The van der Waals surface area contributed by atoms with Gasteiger partial charge in [-0.2, -0.15) is 0 Å². The zero-order valence-corrected chi connectivity index (χ0v) is 10.6. The van der Waals surface area contributed by atoms with Crippen LogP contribution < -0.4 is 10.6 Å². The summed E-state index contributed by atoms with van der Waals surface area (Å²) in [6, 6.07) is 0.179. The summed E-state index contributed by atoms with van der Waals surface area (Å²) >= 11 is 0. The second kappa shape index (κ2) is 6.21. The smallest absolute Gasteiger partial charge is 0.240 e. The van der Waals surface area contributed by atoms with Gasteiger partial charge >= 0.3 is 0 Å². The van der Waals surface area contributed by atoms with Crippen LogP contribution >= 0.6 is 0 Å². The molecule has 1 rings (SSSR count). The lowest BCUT2D eigenvalue weighted by atomic mass is 9.93. The molecular weight excluding hydrogens is 204 g/mol. The van der Waals surface area contributed by atoms with Gasteiger partial charge in [0.25, 0.3) is 0 Å². The van der Waals surface area contributed by atoms with Crippen molar-refractivity contribution in [3.05, 3.63) is 0 Å². The molecule has 1 amide bonds. The van der Waals surface area contributed by atoms with Crippen LogP contribution in [0, 0.1) is 0 Å². The molecule has 1 heterocycles. The van der Waals surface area contributed by atoms with Crippen LogP contribution in [-0.4, -0.2) is 37.7 Å². The van der Waals surface area contributed by atoms with Gasteiger partial charge in [-0.1, -0.05) is 6.92 Å². The van der Waals surface area contributed by atoms with Crippen molar-refractivity contribution in [2.45, 2.75) is 51.1 Å². The number of carbonyl (C=O) groups excluding carboxylic acids is 1. The van der Waals surface area contributed by atoms with Crippen LogP contribution in [0.2, 0.25) is 0 Å². The SMILES string of the molecule is CCC1(C(=O)NC(C)CCOC)CCCN1. The molecule has 2 atom stereocenters. The minimum Gasteiger partial charge on any atom is -0.385 e. The number of hydrogen-bond donors (Lipinski definition) is 2. The van der Waals surface area contributed by atoms with E-state index in [-0.39, 0.29) is 17.5 Å². The van der Waals surface area contributed by atoms with Crippen LogP contribution in [-0.2, 0) is 9.53 Å². The summed E-state index contributed by atoms with van der Waals surface area (Å²) in [4.78, 5) is 12.2. The molecule has 2 N–H and O–H groups in total. The second-order valence-corrected chi connectivity index (χ2v) is 4.62. The first kappa shape index (κ1) is 13.5. The highest BCUT2D eigenvalue weighted by Gasteiger charge is 2.39. The molecule has 1 aliphatic heterocycles. The van der Waals surface area contributed by atoms with Crippen LogP contribution in [0.4, 0.5) is 0 Å². The molecule has 16 heavy (non-hydrogen) atoms. The molecule has 0 aromatic heterocycles. The van der Waals surface area contributed by atoms with Crippen LogP contribution in [0.15, 0.2) is 0 Å². The summed E-state index contributed by atoms with van der Waals surface area (Å²) in [5.74, 6) is 0.149. The van der Waals surface area contributed by atoms with Crippen molar-refractivity contribution in [1.82, 2.24) is 10.6 Å². The Morgan fingerprint density at radius 3 is 2.88 bits per heavy atom. The molecule has 0 saturated carbocycles. The average Bonchev–Trinajstić information content (AvgIpc) is 2.76. The monoisotopic (exact) mass is 228 g/mol. The minimum absolute atomic E-state index is 0.149. The molecular formula is C12H24N2O2. The van der Waals surface area contributed by atoms with Gasteiger partial charge in [-0.15, -0.1) is 0 Å². The number of rotatable bonds is 6. The molecule has 4 heteroatoms. The van der Waals surface area contributed by atoms with Gasteiger partial charge in [0.1, 0.15) is 0 Å². The Hall–Kier alpha value is -0.610. The molecule has 0 aromatic rings. The fraction of sp³-hybridized carbons (Fsp3) is 0.917. The van der Waals surface area contributed by atoms with E-state index in [9.17, 15) is 4.79 Å². The van der Waals surface area contributed by atoms with E-state index in [1.807, 2.05) is 6.92 Å². The third kappa shape index (κ3) is 3.19. The van der Waals surface area contributed by atoms with Crippen LogP contribution in [0.5, 0.6) is 0 Å². The predicted octanol–water partition coefficient (Wildman–Crippen LogP) is 1.06. The van der Waals surface area contributed by atoms with Crippen molar-refractivity contribution in [2.75, 3.05) is 20.3 Å². The molecule has 0 aliphatic carbocycles. The quantitative estimate of drug-likeness (QED) is 0.714. The number of ether oxygens (including phenoxy) is 1. The maximum Gasteiger partial charge on any atom is 0.240 e. The van der Waals surface area contributed by atoms with Gasteiger partial charge < -0.3 is 15.4 Å². The fourth-order valence-corrected chi connectivity index (χ4v) is 2.19. The number of amides is 1.